The summed E-state index contributed by atoms with van der Waals surface area (Å²) >= 11 is 0. The van der Waals surface area contributed by atoms with Crippen molar-refractivity contribution in [2.24, 2.45) is 5.92 Å². The van der Waals surface area contributed by atoms with Gasteiger partial charge in [-0.1, -0.05) is 0 Å². The molecular weight excluding hydrogens is 756 g/mol. The molecule has 2 unspecified atom stereocenters. The first-order chi connectivity index (χ1) is 26.3. The summed E-state index contributed by atoms with van der Waals surface area (Å²) in [5.74, 6) is -18.7. The summed E-state index contributed by atoms with van der Waals surface area (Å²) in [6, 6.07) is 5.42. The number of ether oxygens (including phenoxy) is 4. The second-order valence-corrected chi connectivity index (χ2v) is 12.2. The van der Waals surface area contributed by atoms with E-state index in [0.29, 0.717) is 36.4 Å². The fourth-order valence-electron chi connectivity index (χ4n) is 5.58. The average molecular weight is 787 g/mol. The third-order valence-electron chi connectivity index (χ3n) is 8.43. The van der Waals surface area contributed by atoms with E-state index < -0.39 is 158 Å². The molecule has 21 nitrogen and oxygen atoms in total. The maximum Gasteiger partial charge on any atom is 0.338 e. The molecule has 0 heterocycles. The highest BCUT2D eigenvalue weighted by Crippen LogP contribution is 2.41. The van der Waals surface area contributed by atoms with E-state index in [1.165, 1.54) is 0 Å². The van der Waals surface area contributed by atoms with Crippen LogP contribution in [0.5, 0.6) is 69.0 Å². The molecule has 1 fully saturated rings. The zero-order valence-corrected chi connectivity index (χ0v) is 28.0. The van der Waals surface area contributed by atoms with Gasteiger partial charge in [0, 0.05) is 5.92 Å². The van der Waals surface area contributed by atoms with Crippen molar-refractivity contribution in [3.8, 4) is 69.0 Å². The van der Waals surface area contributed by atoms with E-state index in [-0.39, 0.29) is 0 Å². The van der Waals surface area contributed by atoms with Gasteiger partial charge < -0.3 is 85.3 Å². The number of hydrogen-bond donors (Lipinski definition) is 13. The number of carbonyl (C=O) groups excluding carboxylic acids is 4. The van der Waals surface area contributed by atoms with Crippen LogP contribution in [0.25, 0.3) is 0 Å². The lowest BCUT2D eigenvalue weighted by Crippen LogP contribution is -2.58. The third-order valence-corrected chi connectivity index (χ3v) is 8.43. The number of aromatic hydroxyl groups is 12. The number of benzene rings is 4. The molecule has 1 aliphatic rings. The van der Waals surface area contributed by atoms with Crippen molar-refractivity contribution < 1.29 is 105 Å². The Hall–Kier alpha value is -7.68. The lowest BCUT2D eigenvalue weighted by Gasteiger charge is -2.42. The van der Waals surface area contributed by atoms with Crippen molar-refractivity contribution in [1.29, 1.82) is 0 Å². The van der Waals surface area contributed by atoms with Gasteiger partial charge >= 0.3 is 23.9 Å². The Balaban J connectivity index is 1.54. The summed E-state index contributed by atoms with van der Waals surface area (Å²) in [4.78, 5) is 52.9. The molecule has 5 rings (SSSR count). The summed E-state index contributed by atoms with van der Waals surface area (Å²) in [6.07, 6.45) is -8.79. The molecule has 5 atom stereocenters. The molecule has 21 heteroatoms. The Morgan fingerprint density at radius 2 is 0.732 bits per heavy atom. The van der Waals surface area contributed by atoms with Crippen LogP contribution in [0.2, 0.25) is 0 Å². The Labute approximate surface area is 311 Å². The number of phenols is 12. The lowest BCUT2D eigenvalue weighted by molar-refractivity contribution is -0.168. The van der Waals surface area contributed by atoms with Gasteiger partial charge in [0.05, 0.1) is 28.9 Å². The van der Waals surface area contributed by atoms with Crippen molar-refractivity contribution in [2.75, 3.05) is 6.61 Å². The summed E-state index contributed by atoms with van der Waals surface area (Å²) in [7, 11) is 0. The molecule has 1 saturated carbocycles. The summed E-state index contributed by atoms with van der Waals surface area (Å²) < 4.78 is 21.6. The minimum absolute atomic E-state index is 0.514. The lowest BCUT2D eigenvalue weighted by atomic mass is 9.80. The maximum absolute atomic E-state index is 13.3. The quantitative estimate of drug-likeness (QED) is 0.0647. The zero-order chi connectivity index (χ0) is 41.3. The molecule has 0 amide bonds. The van der Waals surface area contributed by atoms with Gasteiger partial charge in [-0.15, -0.1) is 0 Å². The molecule has 56 heavy (non-hydrogen) atoms. The molecule has 13 N–H and O–H groups in total. The van der Waals surface area contributed by atoms with E-state index in [4.69, 9.17) is 18.9 Å². The SMILES string of the molecule is O=C(OCC1CC(OC(=O)c2cc(O)c(O)c(O)c2)[C@@H](OC(=O)c2cc(O)c(O)c(O)c2)[C@@H](O)[C@@H]1OC(=O)c1cc(O)c(O)c(O)c1)c1cc(O)c(O)c(O)c1. The van der Waals surface area contributed by atoms with Gasteiger partial charge in [-0.2, -0.15) is 0 Å². The van der Waals surface area contributed by atoms with Crippen molar-refractivity contribution in [2.45, 2.75) is 30.8 Å². The van der Waals surface area contributed by atoms with Crippen LogP contribution in [-0.4, -0.2) is 121 Å². The molecule has 4 aromatic carbocycles. The molecule has 1 aliphatic carbocycles. The summed E-state index contributed by atoms with van der Waals surface area (Å²) in [6.45, 7) is -0.864. The van der Waals surface area contributed by atoms with Gasteiger partial charge in [0.25, 0.3) is 0 Å². The topological polar surface area (TPSA) is 368 Å². The summed E-state index contributed by atoms with van der Waals surface area (Å²) in [5.41, 5.74) is -2.36. The van der Waals surface area contributed by atoms with E-state index in [9.17, 15) is 85.6 Å². The second kappa shape index (κ2) is 15.4. The second-order valence-electron chi connectivity index (χ2n) is 12.2. The molecule has 4 aromatic rings. The molecule has 0 bridgehead atoms. The average Bonchev–Trinajstić information content (AvgIpc) is 3.14. The molecule has 296 valence electrons. The normalized spacial score (nSPS) is 19.1. The number of aliphatic hydroxyl groups is 1. The van der Waals surface area contributed by atoms with Gasteiger partial charge in [-0.05, 0) is 55.0 Å². The van der Waals surface area contributed by atoms with Crippen LogP contribution in [-0.2, 0) is 18.9 Å². The van der Waals surface area contributed by atoms with Gasteiger partial charge in [-0.25, -0.2) is 19.2 Å². The van der Waals surface area contributed by atoms with Crippen molar-refractivity contribution in [1.82, 2.24) is 0 Å². The molecule has 0 aliphatic heterocycles. The van der Waals surface area contributed by atoms with E-state index >= 15 is 0 Å². The molecule has 0 saturated heterocycles. The first-order valence-corrected chi connectivity index (χ1v) is 15.7. The predicted octanol–water partition coefficient (Wildman–Crippen LogP) is 1.37. The van der Waals surface area contributed by atoms with Gasteiger partial charge in [0.15, 0.2) is 75.1 Å². The molecule has 0 aromatic heterocycles. The Kier molecular flexibility index (Phi) is 10.8. The van der Waals surface area contributed by atoms with Crippen LogP contribution in [0.3, 0.4) is 0 Å². The van der Waals surface area contributed by atoms with E-state index in [1.54, 1.807) is 0 Å². The number of phenolic OH excluding ortho intramolecular Hbond substituents is 12. The van der Waals surface area contributed by atoms with Crippen LogP contribution >= 0.6 is 0 Å². The predicted molar refractivity (Wildman–Crippen MR) is 178 cm³/mol. The van der Waals surface area contributed by atoms with Crippen molar-refractivity contribution in [3.05, 3.63) is 70.8 Å². The minimum Gasteiger partial charge on any atom is -0.504 e. The number of aliphatic hydroxyl groups excluding tert-OH is 1. The number of carbonyl (C=O) groups is 4. The Morgan fingerprint density at radius 1 is 0.446 bits per heavy atom. The minimum atomic E-state index is -2.28. The molecule has 0 radical (unpaired) electrons. The maximum atomic E-state index is 13.3. The smallest absolute Gasteiger partial charge is 0.338 e. The first kappa shape index (κ1) is 39.5. The highest BCUT2D eigenvalue weighted by atomic mass is 16.6. The molecule has 0 spiro atoms. The zero-order valence-electron chi connectivity index (χ0n) is 28.0. The Morgan fingerprint density at radius 3 is 1.07 bits per heavy atom. The van der Waals surface area contributed by atoms with Gasteiger partial charge in [-0.3, -0.25) is 0 Å². The van der Waals surface area contributed by atoms with Gasteiger partial charge in [0.2, 0.25) is 0 Å². The van der Waals surface area contributed by atoms with Gasteiger partial charge in [0.1, 0.15) is 18.3 Å². The first-order valence-electron chi connectivity index (χ1n) is 15.7. The Bertz CT molecular complexity index is 2140. The van der Waals surface area contributed by atoms with Crippen LogP contribution in [0.1, 0.15) is 47.9 Å². The van der Waals surface area contributed by atoms with E-state index in [1.807, 2.05) is 0 Å². The highest BCUT2D eigenvalue weighted by Gasteiger charge is 2.51. The molecular formula is C35H30O21. The van der Waals surface area contributed by atoms with Crippen molar-refractivity contribution >= 4 is 23.9 Å². The summed E-state index contributed by atoms with van der Waals surface area (Å²) in [5, 5.41) is 130. The number of rotatable bonds is 9. The largest absolute Gasteiger partial charge is 0.504 e. The van der Waals surface area contributed by atoms with E-state index in [2.05, 4.69) is 0 Å². The number of esters is 4. The highest BCUT2D eigenvalue weighted by molar-refractivity contribution is 5.93. The third kappa shape index (κ3) is 7.96. The van der Waals surface area contributed by atoms with Crippen LogP contribution in [0.15, 0.2) is 48.5 Å². The fraction of sp³-hybridized carbons (Fsp3) is 0.200. The number of hydrogen-bond acceptors (Lipinski definition) is 21. The fourth-order valence-corrected chi connectivity index (χ4v) is 5.58. The monoisotopic (exact) mass is 786 g/mol. The van der Waals surface area contributed by atoms with Crippen LogP contribution < -0.4 is 0 Å². The van der Waals surface area contributed by atoms with Crippen molar-refractivity contribution in [3.63, 3.8) is 0 Å². The van der Waals surface area contributed by atoms with E-state index in [0.717, 1.165) is 12.1 Å². The van der Waals surface area contributed by atoms with Crippen LogP contribution in [0.4, 0.5) is 0 Å². The van der Waals surface area contributed by atoms with Crippen LogP contribution in [0, 0.1) is 5.92 Å². The standard InChI is InChI=1S/C35H30O21/c36-16-1-11(2-17(37)25(16)44)32(49)53-10-15-9-24(54-33(50)12-3-18(38)26(45)19(39)4-12)31(56-35(52)14-7-22(42)28(47)23(43)8-14)29(48)30(15)55-34(51)13-5-20(40)27(46)21(41)6-13/h1-8,15,24,29-31,36-48H,9-10H2/t15?,24?,29-,30+,31+/m0/s1.